The number of rotatable bonds is 5. The Kier molecular flexibility index (Phi) is 19.3. The van der Waals surface area contributed by atoms with Gasteiger partial charge in [-0.1, -0.05) is 52.4 Å². The molecule has 0 atom stereocenters. The fraction of sp³-hybridized carbons (Fsp3) is 0.889. The summed E-state index contributed by atoms with van der Waals surface area (Å²) in [5, 5.41) is 0. The van der Waals surface area contributed by atoms with Gasteiger partial charge in [-0.2, -0.15) is 0 Å². The topological polar surface area (TPSA) is 43.1 Å². The summed E-state index contributed by atoms with van der Waals surface area (Å²) in [6.45, 7) is 4.51. The van der Waals surface area contributed by atoms with Crippen LogP contribution in [0.5, 0.6) is 0 Å². The Hall–Kier alpha value is -0.530. The highest BCUT2D eigenvalue weighted by Gasteiger charge is 1.83. The van der Waals surface area contributed by atoms with Gasteiger partial charge in [-0.15, -0.1) is 0 Å². The third kappa shape index (κ3) is 26.4. The van der Waals surface area contributed by atoms with E-state index in [2.05, 4.69) is 19.6 Å². The SMILES string of the molecule is CCCCCCCC.NC=O. The van der Waals surface area contributed by atoms with Crippen LogP contribution in [-0.4, -0.2) is 6.41 Å². The molecule has 0 fully saturated rings. The maximum Gasteiger partial charge on any atom is 0.204 e. The maximum atomic E-state index is 8.58. The van der Waals surface area contributed by atoms with E-state index in [1.54, 1.807) is 0 Å². The number of carbonyl (C=O) groups excluding carboxylic acids is 1. The van der Waals surface area contributed by atoms with E-state index < -0.39 is 0 Å². The number of nitrogens with two attached hydrogens (primary N) is 1. The van der Waals surface area contributed by atoms with Gasteiger partial charge in [0, 0.05) is 0 Å². The van der Waals surface area contributed by atoms with Crippen LogP contribution in [0.3, 0.4) is 0 Å². The molecule has 0 bridgehead atoms. The first-order valence-corrected chi connectivity index (χ1v) is 4.48. The third-order valence-corrected chi connectivity index (χ3v) is 1.46. The van der Waals surface area contributed by atoms with E-state index in [1.165, 1.54) is 38.5 Å². The van der Waals surface area contributed by atoms with Crippen molar-refractivity contribution >= 4 is 6.41 Å². The summed E-state index contributed by atoms with van der Waals surface area (Å²) in [5.41, 5.74) is 4.17. The van der Waals surface area contributed by atoms with Crippen molar-refractivity contribution in [1.82, 2.24) is 0 Å². The standard InChI is InChI=1S/C8H18.CH3NO/c1-3-5-7-8-6-4-2;2-1-3/h3-8H2,1-2H3;1H,(H2,2,3). The predicted molar refractivity (Wildman–Crippen MR) is 49.3 cm³/mol. The Balaban J connectivity index is 0. The summed E-state index contributed by atoms with van der Waals surface area (Å²) in [6, 6.07) is 0. The van der Waals surface area contributed by atoms with E-state index >= 15 is 0 Å². The first kappa shape index (κ1) is 13.1. The van der Waals surface area contributed by atoms with Crippen molar-refractivity contribution in [3.63, 3.8) is 0 Å². The van der Waals surface area contributed by atoms with Gasteiger partial charge in [0.05, 0.1) is 0 Å². The first-order chi connectivity index (χ1) is 5.33. The molecule has 0 aromatic rings. The summed E-state index contributed by atoms with van der Waals surface area (Å²) in [6.07, 6.45) is 8.74. The molecule has 0 aliphatic heterocycles. The highest BCUT2D eigenvalue weighted by molar-refractivity contribution is 5.42. The average molecular weight is 159 g/mol. The third-order valence-electron chi connectivity index (χ3n) is 1.46. The highest BCUT2D eigenvalue weighted by atomic mass is 16.1. The molecular weight excluding hydrogens is 138 g/mol. The fourth-order valence-electron chi connectivity index (χ4n) is 0.854. The zero-order chi connectivity index (χ0) is 8.95. The smallest absolute Gasteiger partial charge is 0.204 e. The van der Waals surface area contributed by atoms with Crippen LogP contribution in [-0.2, 0) is 4.79 Å². The minimum atomic E-state index is 0.250. The normalized spacial score (nSPS) is 8.18. The number of carbonyl (C=O) groups is 1. The highest BCUT2D eigenvalue weighted by Crippen LogP contribution is 2.03. The summed E-state index contributed by atoms with van der Waals surface area (Å²) < 4.78 is 0. The van der Waals surface area contributed by atoms with Crippen LogP contribution >= 0.6 is 0 Å². The molecule has 0 aromatic carbocycles. The molecule has 0 saturated carbocycles. The van der Waals surface area contributed by atoms with E-state index in [9.17, 15) is 0 Å². The Morgan fingerprint density at radius 3 is 1.45 bits per heavy atom. The molecule has 1 amide bonds. The molecule has 2 heteroatoms. The molecule has 0 saturated heterocycles. The largest absolute Gasteiger partial charge is 0.372 e. The lowest BCUT2D eigenvalue weighted by Crippen LogP contribution is -1.82. The maximum absolute atomic E-state index is 8.58. The summed E-state index contributed by atoms with van der Waals surface area (Å²) in [5.74, 6) is 0. The number of hydrogen-bond donors (Lipinski definition) is 1. The molecule has 0 rings (SSSR count). The second kappa shape index (κ2) is 16.2. The number of unbranched alkanes of at least 4 members (excludes halogenated alkanes) is 5. The van der Waals surface area contributed by atoms with Gasteiger partial charge in [0.25, 0.3) is 0 Å². The van der Waals surface area contributed by atoms with E-state index in [-0.39, 0.29) is 6.41 Å². The Morgan fingerprint density at radius 2 is 1.27 bits per heavy atom. The van der Waals surface area contributed by atoms with Crippen molar-refractivity contribution in [3.05, 3.63) is 0 Å². The zero-order valence-electron chi connectivity index (χ0n) is 7.81. The molecule has 2 nitrogen and oxygen atoms in total. The quantitative estimate of drug-likeness (QED) is 0.486. The van der Waals surface area contributed by atoms with Gasteiger partial charge in [0.2, 0.25) is 6.41 Å². The summed E-state index contributed by atoms with van der Waals surface area (Å²) >= 11 is 0. The molecular formula is C9H21NO. The van der Waals surface area contributed by atoms with Crippen LogP contribution in [0, 0.1) is 0 Å². The van der Waals surface area contributed by atoms with E-state index in [4.69, 9.17) is 4.79 Å². The lowest BCUT2D eigenvalue weighted by atomic mass is 10.1. The number of primary amides is 1. The molecule has 0 spiro atoms. The summed E-state index contributed by atoms with van der Waals surface area (Å²) in [4.78, 5) is 8.58. The van der Waals surface area contributed by atoms with Crippen molar-refractivity contribution in [2.24, 2.45) is 5.73 Å². The van der Waals surface area contributed by atoms with Gasteiger partial charge >= 0.3 is 0 Å². The predicted octanol–water partition coefficient (Wildman–Crippen LogP) is 2.47. The van der Waals surface area contributed by atoms with E-state index in [1.807, 2.05) is 0 Å². The van der Waals surface area contributed by atoms with Gasteiger partial charge in [-0.3, -0.25) is 4.79 Å². The molecule has 0 aliphatic rings. The molecule has 2 N–H and O–H groups in total. The van der Waals surface area contributed by atoms with Crippen molar-refractivity contribution < 1.29 is 4.79 Å². The van der Waals surface area contributed by atoms with Gasteiger partial charge < -0.3 is 5.73 Å². The van der Waals surface area contributed by atoms with Crippen molar-refractivity contribution in [2.75, 3.05) is 0 Å². The van der Waals surface area contributed by atoms with Crippen LogP contribution in [0.4, 0.5) is 0 Å². The van der Waals surface area contributed by atoms with Crippen LogP contribution in [0.1, 0.15) is 52.4 Å². The van der Waals surface area contributed by atoms with Crippen molar-refractivity contribution in [2.45, 2.75) is 52.4 Å². The zero-order valence-corrected chi connectivity index (χ0v) is 7.81. The Labute approximate surface area is 70.2 Å². The van der Waals surface area contributed by atoms with Gasteiger partial charge in [0.15, 0.2) is 0 Å². The number of hydrogen-bond acceptors (Lipinski definition) is 1. The van der Waals surface area contributed by atoms with Crippen LogP contribution in [0.25, 0.3) is 0 Å². The first-order valence-electron chi connectivity index (χ1n) is 4.48. The lowest BCUT2D eigenvalue weighted by Gasteiger charge is -1.93. The van der Waals surface area contributed by atoms with Gasteiger partial charge in [0.1, 0.15) is 0 Å². The van der Waals surface area contributed by atoms with Crippen LogP contribution < -0.4 is 5.73 Å². The second-order valence-corrected chi connectivity index (χ2v) is 2.55. The lowest BCUT2D eigenvalue weighted by molar-refractivity contribution is -0.106. The van der Waals surface area contributed by atoms with Crippen molar-refractivity contribution in [3.8, 4) is 0 Å². The molecule has 68 valence electrons. The molecule has 11 heavy (non-hydrogen) atoms. The van der Waals surface area contributed by atoms with Crippen molar-refractivity contribution in [1.29, 1.82) is 0 Å². The molecule has 0 heterocycles. The minimum Gasteiger partial charge on any atom is -0.372 e. The molecule has 0 unspecified atom stereocenters. The van der Waals surface area contributed by atoms with Gasteiger partial charge in [-0.25, -0.2) is 0 Å². The second-order valence-electron chi connectivity index (χ2n) is 2.55. The number of amides is 1. The monoisotopic (exact) mass is 159 g/mol. The molecule has 0 aromatic heterocycles. The van der Waals surface area contributed by atoms with Gasteiger partial charge in [-0.05, 0) is 0 Å². The van der Waals surface area contributed by atoms with Crippen LogP contribution in [0.2, 0.25) is 0 Å². The molecule has 0 aliphatic carbocycles. The fourth-order valence-corrected chi connectivity index (χ4v) is 0.854. The minimum absolute atomic E-state index is 0.250. The molecule has 0 radical (unpaired) electrons. The average Bonchev–Trinajstić information content (AvgIpc) is 2.00. The Morgan fingerprint density at radius 1 is 1.00 bits per heavy atom. The van der Waals surface area contributed by atoms with E-state index in [0.717, 1.165) is 0 Å². The van der Waals surface area contributed by atoms with Crippen LogP contribution in [0.15, 0.2) is 0 Å². The van der Waals surface area contributed by atoms with E-state index in [0.29, 0.717) is 0 Å². The summed E-state index contributed by atoms with van der Waals surface area (Å²) in [7, 11) is 0. The Bertz CT molecular complexity index is 58.6.